The van der Waals surface area contributed by atoms with Crippen LogP contribution in [0.4, 0.5) is 0 Å². The Hall–Kier alpha value is -1.60. The van der Waals surface area contributed by atoms with E-state index in [1.165, 1.54) is 13.0 Å². The summed E-state index contributed by atoms with van der Waals surface area (Å²) in [5, 5.41) is 11.4. The third kappa shape index (κ3) is 3.71. The average Bonchev–Trinajstić information content (AvgIpc) is 2.30. The molecule has 0 aliphatic rings. The van der Waals surface area contributed by atoms with E-state index < -0.39 is 27.5 Å². The molecule has 0 radical (unpaired) electrons. The third-order valence-corrected chi connectivity index (χ3v) is 4.54. The zero-order chi connectivity index (χ0) is 15.5. The molecule has 0 spiro atoms. The summed E-state index contributed by atoms with van der Waals surface area (Å²) in [7, 11) is -3.95. The van der Waals surface area contributed by atoms with Crippen LogP contribution in [-0.4, -0.2) is 37.7 Å². The van der Waals surface area contributed by atoms with Crippen molar-refractivity contribution in [2.45, 2.75) is 18.7 Å². The molecule has 6 nitrogen and oxygen atoms in total. The number of rotatable bonds is 5. The lowest BCUT2D eigenvalue weighted by atomic mass is 10.1. The summed E-state index contributed by atoms with van der Waals surface area (Å²) in [6, 6.07) is 2.32. The van der Waals surface area contributed by atoms with Gasteiger partial charge in [0, 0.05) is 11.6 Å². The van der Waals surface area contributed by atoms with Gasteiger partial charge in [-0.05, 0) is 31.5 Å². The van der Waals surface area contributed by atoms with E-state index in [1.54, 1.807) is 6.92 Å². The number of benzene rings is 1. The summed E-state index contributed by atoms with van der Waals surface area (Å²) >= 11 is 5.74. The molecular weight excluding hydrogens is 306 g/mol. The van der Waals surface area contributed by atoms with E-state index >= 15 is 0 Å². The van der Waals surface area contributed by atoms with Crippen LogP contribution in [-0.2, 0) is 14.6 Å². The van der Waals surface area contributed by atoms with Crippen molar-refractivity contribution in [2.24, 2.45) is 0 Å². The fraction of sp³-hybridized carbons (Fsp3) is 0.333. The van der Waals surface area contributed by atoms with Crippen molar-refractivity contribution in [3.8, 4) is 0 Å². The highest BCUT2D eigenvalue weighted by molar-refractivity contribution is 7.92. The monoisotopic (exact) mass is 319 g/mol. The molecule has 20 heavy (non-hydrogen) atoms. The molecule has 1 rings (SSSR count). The Balaban J connectivity index is 3.32. The molecule has 0 unspecified atom stereocenters. The summed E-state index contributed by atoms with van der Waals surface area (Å²) in [6.07, 6.45) is 0. The quantitative estimate of drug-likeness (QED) is 0.850. The van der Waals surface area contributed by atoms with E-state index in [0.717, 1.165) is 6.07 Å². The van der Waals surface area contributed by atoms with Crippen LogP contribution in [0.5, 0.6) is 0 Å². The van der Waals surface area contributed by atoms with Crippen LogP contribution >= 0.6 is 11.6 Å². The normalized spacial score (nSPS) is 11.2. The Morgan fingerprint density at radius 1 is 1.35 bits per heavy atom. The van der Waals surface area contributed by atoms with Crippen LogP contribution in [0.15, 0.2) is 17.0 Å². The van der Waals surface area contributed by atoms with E-state index in [9.17, 15) is 18.0 Å². The first-order valence-electron chi connectivity index (χ1n) is 5.72. The first kappa shape index (κ1) is 16.5. The summed E-state index contributed by atoms with van der Waals surface area (Å²) < 4.78 is 24.3. The van der Waals surface area contributed by atoms with Gasteiger partial charge in [-0.3, -0.25) is 4.79 Å². The number of hydrogen-bond acceptors (Lipinski definition) is 4. The molecule has 0 aromatic heterocycles. The summed E-state index contributed by atoms with van der Waals surface area (Å²) in [5.41, 5.74) is -0.141. The van der Waals surface area contributed by atoms with Crippen molar-refractivity contribution in [1.29, 1.82) is 0 Å². The van der Waals surface area contributed by atoms with Crippen molar-refractivity contribution >= 4 is 33.3 Å². The van der Waals surface area contributed by atoms with Gasteiger partial charge < -0.3 is 10.4 Å². The number of aromatic carboxylic acids is 1. The van der Waals surface area contributed by atoms with Gasteiger partial charge >= 0.3 is 5.97 Å². The van der Waals surface area contributed by atoms with Crippen molar-refractivity contribution < 1.29 is 23.1 Å². The number of nitrogens with one attached hydrogen (secondary N) is 1. The highest BCUT2D eigenvalue weighted by Gasteiger charge is 2.24. The molecule has 0 fully saturated rings. The minimum absolute atomic E-state index is 0.0116. The van der Waals surface area contributed by atoms with Gasteiger partial charge in [0.15, 0.2) is 9.84 Å². The summed E-state index contributed by atoms with van der Waals surface area (Å²) in [4.78, 5) is 22.2. The molecule has 0 aliphatic carbocycles. The topological polar surface area (TPSA) is 101 Å². The Bertz CT molecular complexity index is 654. The van der Waals surface area contributed by atoms with Gasteiger partial charge in [-0.15, -0.1) is 0 Å². The largest absolute Gasteiger partial charge is 0.478 e. The smallest absolute Gasteiger partial charge is 0.336 e. The van der Waals surface area contributed by atoms with Crippen molar-refractivity contribution in [2.75, 3.05) is 12.3 Å². The number of hydrogen-bond donors (Lipinski definition) is 2. The van der Waals surface area contributed by atoms with Crippen LogP contribution in [0.25, 0.3) is 0 Å². The highest BCUT2D eigenvalue weighted by Crippen LogP contribution is 2.25. The number of carboxylic acid groups (broad SMARTS) is 1. The molecule has 1 aromatic rings. The Labute approximate surface area is 121 Å². The van der Waals surface area contributed by atoms with E-state index in [1.807, 2.05) is 0 Å². The zero-order valence-corrected chi connectivity index (χ0v) is 12.5. The molecule has 0 aliphatic heterocycles. The maximum absolute atomic E-state index is 12.2. The SMILES string of the molecule is CCNC(=O)CS(=O)(=O)c1cc(Cl)cc(C(=O)O)c1C. The molecule has 0 heterocycles. The van der Waals surface area contributed by atoms with Gasteiger partial charge in [0.1, 0.15) is 5.75 Å². The van der Waals surface area contributed by atoms with Gasteiger partial charge in [0.2, 0.25) is 5.91 Å². The molecular formula is C12H14ClNO5S. The molecule has 2 N–H and O–H groups in total. The standard InChI is InChI=1S/C12H14ClNO5S/c1-3-14-11(15)6-20(18,19)10-5-8(13)4-9(7(10)2)12(16)17/h4-5H,3,6H2,1-2H3,(H,14,15)(H,16,17). The maximum Gasteiger partial charge on any atom is 0.336 e. The Morgan fingerprint density at radius 2 is 1.95 bits per heavy atom. The minimum atomic E-state index is -3.95. The number of halogens is 1. The second-order valence-electron chi connectivity index (χ2n) is 4.09. The molecule has 0 saturated carbocycles. The lowest BCUT2D eigenvalue weighted by Gasteiger charge is -2.10. The number of carboxylic acids is 1. The van der Waals surface area contributed by atoms with E-state index in [2.05, 4.69) is 5.32 Å². The average molecular weight is 320 g/mol. The summed E-state index contributed by atoms with van der Waals surface area (Å²) in [5.74, 6) is -2.68. The minimum Gasteiger partial charge on any atom is -0.478 e. The van der Waals surface area contributed by atoms with E-state index in [4.69, 9.17) is 16.7 Å². The van der Waals surface area contributed by atoms with E-state index in [-0.39, 0.29) is 21.0 Å². The molecule has 1 amide bonds. The molecule has 110 valence electrons. The lowest BCUT2D eigenvalue weighted by Crippen LogP contribution is -2.30. The van der Waals surface area contributed by atoms with Gasteiger partial charge in [-0.25, -0.2) is 13.2 Å². The van der Waals surface area contributed by atoms with Gasteiger partial charge in [0.25, 0.3) is 0 Å². The third-order valence-electron chi connectivity index (χ3n) is 2.59. The first-order chi connectivity index (χ1) is 9.19. The molecule has 0 saturated heterocycles. The van der Waals surface area contributed by atoms with Crippen LogP contribution in [0.2, 0.25) is 5.02 Å². The van der Waals surface area contributed by atoms with Crippen LogP contribution in [0.3, 0.4) is 0 Å². The fourth-order valence-electron chi connectivity index (χ4n) is 1.70. The first-order valence-corrected chi connectivity index (χ1v) is 7.75. The van der Waals surface area contributed by atoms with E-state index in [0.29, 0.717) is 6.54 Å². The van der Waals surface area contributed by atoms with Gasteiger partial charge in [-0.1, -0.05) is 11.6 Å². The second-order valence-corrected chi connectivity index (χ2v) is 6.49. The van der Waals surface area contributed by atoms with Crippen molar-refractivity contribution in [1.82, 2.24) is 5.32 Å². The summed E-state index contributed by atoms with van der Waals surface area (Å²) in [6.45, 7) is 3.34. The molecule has 0 atom stereocenters. The second kappa shape index (κ2) is 6.23. The molecule has 0 bridgehead atoms. The van der Waals surface area contributed by atoms with Crippen molar-refractivity contribution in [3.63, 3.8) is 0 Å². The molecule has 1 aromatic carbocycles. The van der Waals surface area contributed by atoms with Crippen molar-refractivity contribution in [3.05, 3.63) is 28.3 Å². The predicted octanol–water partition coefficient (Wildman–Crippen LogP) is 1.26. The zero-order valence-electron chi connectivity index (χ0n) is 10.9. The van der Waals surface area contributed by atoms with Gasteiger partial charge in [-0.2, -0.15) is 0 Å². The molecule has 8 heteroatoms. The van der Waals surface area contributed by atoms with Gasteiger partial charge in [0.05, 0.1) is 10.5 Å². The lowest BCUT2D eigenvalue weighted by molar-refractivity contribution is -0.118. The highest BCUT2D eigenvalue weighted by atomic mass is 35.5. The van der Waals surface area contributed by atoms with Crippen LogP contribution < -0.4 is 5.32 Å². The Kier molecular flexibility index (Phi) is 5.13. The fourth-order valence-corrected chi connectivity index (χ4v) is 3.47. The number of carbonyl (C=O) groups is 2. The predicted molar refractivity (Wildman–Crippen MR) is 73.9 cm³/mol. The maximum atomic E-state index is 12.2. The number of amides is 1. The number of carbonyl (C=O) groups excluding carboxylic acids is 1. The van der Waals surface area contributed by atoms with Crippen LogP contribution in [0.1, 0.15) is 22.8 Å². The number of sulfone groups is 1. The Morgan fingerprint density at radius 3 is 2.45 bits per heavy atom. The van der Waals surface area contributed by atoms with Crippen LogP contribution in [0, 0.1) is 6.92 Å².